The van der Waals surface area contributed by atoms with Gasteiger partial charge in [0, 0.05) is 12.6 Å². The average Bonchev–Trinajstić information content (AvgIpc) is 2.39. The van der Waals surface area contributed by atoms with Crippen LogP contribution in [-0.4, -0.2) is 4.92 Å². The van der Waals surface area contributed by atoms with Gasteiger partial charge in [-0.2, -0.15) is 0 Å². The third kappa shape index (κ3) is 3.24. The van der Waals surface area contributed by atoms with Gasteiger partial charge >= 0.3 is 0 Å². The molecule has 2 rings (SSSR count). The maximum atomic E-state index is 13.2. The van der Waals surface area contributed by atoms with Gasteiger partial charge in [0.25, 0.3) is 5.69 Å². The molecule has 104 valence electrons. The van der Waals surface area contributed by atoms with Crippen LogP contribution in [-0.2, 0) is 6.54 Å². The van der Waals surface area contributed by atoms with Gasteiger partial charge < -0.3 is 5.32 Å². The predicted molar refractivity (Wildman–Crippen MR) is 76.6 cm³/mol. The Morgan fingerprint density at radius 2 is 2.05 bits per heavy atom. The molecule has 0 aliphatic heterocycles. The second kappa shape index (κ2) is 5.88. The van der Waals surface area contributed by atoms with Gasteiger partial charge in [-0.1, -0.05) is 17.7 Å². The normalized spacial score (nSPS) is 10.3. The van der Waals surface area contributed by atoms with Crippen molar-refractivity contribution in [3.05, 3.63) is 68.5 Å². The Morgan fingerprint density at radius 1 is 1.30 bits per heavy atom. The molecular formula is C14H12ClFN2O2. The molecule has 0 aliphatic rings. The summed E-state index contributed by atoms with van der Waals surface area (Å²) in [5.41, 5.74) is 1.81. The average molecular weight is 295 g/mol. The number of nitrogens with one attached hydrogen (secondary N) is 1. The Bertz CT molecular complexity index is 662. The quantitative estimate of drug-likeness (QED) is 0.675. The van der Waals surface area contributed by atoms with Crippen LogP contribution in [0.1, 0.15) is 11.1 Å². The summed E-state index contributed by atoms with van der Waals surface area (Å²) in [7, 11) is 0. The third-order valence-electron chi connectivity index (χ3n) is 2.83. The lowest BCUT2D eigenvalue weighted by molar-refractivity contribution is -0.385. The van der Waals surface area contributed by atoms with E-state index < -0.39 is 10.7 Å². The number of halogens is 2. The first kappa shape index (κ1) is 14.3. The minimum Gasteiger partial charge on any atom is -0.379 e. The van der Waals surface area contributed by atoms with E-state index in [2.05, 4.69) is 5.32 Å². The molecule has 0 radical (unpaired) electrons. The van der Waals surface area contributed by atoms with Crippen molar-refractivity contribution >= 4 is 23.0 Å². The molecule has 2 aromatic rings. The summed E-state index contributed by atoms with van der Waals surface area (Å²) in [4.78, 5) is 10.4. The Morgan fingerprint density at radius 3 is 2.75 bits per heavy atom. The number of hydrogen-bond donors (Lipinski definition) is 1. The maximum absolute atomic E-state index is 13.2. The standard InChI is InChI=1S/C14H12ClFN2O2/c1-9-2-4-12(15)13(6-9)17-8-10-7-11(16)3-5-14(10)18(19)20/h2-7,17H,8H2,1H3. The van der Waals surface area contributed by atoms with Crippen molar-refractivity contribution in [1.82, 2.24) is 0 Å². The van der Waals surface area contributed by atoms with Crippen molar-refractivity contribution in [2.75, 3.05) is 5.32 Å². The van der Waals surface area contributed by atoms with Gasteiger partial charge in [0.05, 0.1) is 21.2 Å². The summed E-state index contributed by atoms with van der Waals surface area (Å²) in [6.07, 6.45) is 0. The highest BCUT2D eigenvalue weighted by Crippen LogP contribution is 2.25. The SMILES string of the molecule is Cc1ccc(Cl)c(NCc2cc(F)ccc2[N+](=O)[O-])c1. The van der Waals surface area contributed by atoms with Gasteiger partial charge in [0.15, 0.2) is 0 Å². The van der Waals surface area contributed by atoms with E-state index in [-0.39, 0.29) is 17.8 Å². The molecular weight excluding hydrogens is 283 g/mol. The highest BCUT2D eigenvalue weighted by molar-refractivity contribution is 6.33. The molecule has 0 bridgehead atoms. The lowest BCUT2D eigenvalue weighted by Gasteiger charge is -2.10. The Labute approximate surface area is 120 Å². The highest BCUT2D eigenvalue weighted by atomic mass is 35.5. The van der Waals surface area contributed by atoms with Crippen LogP contribution in [0.2, 0.25) is 5.02 Å². The topological polar surface area (TPSA) is 55.2 Å². The van der Waals surface area contributed by atoms with E-state index >= 15 is 0 Å². The maximum Gasteiger partial charge on any atom is 0.274 e. The molecule has 0 atom stereocenters. The van der Waals surface area contributed by atoms with Crippen molar-refractivity contribution in [2.24, 2.45) is 0 Å². The molecule has 1 N–H and O–H groups in total. The van der Waals surface area contributed by atoms with Crippen LogP contribution < -0.4 is 5.32 Å². The van der Waals surface area contributed by atoms with Crippen molar-refractivity contribution in [3.8, 4) is 0 Å². The molecule has 0 fully saturated rings. The number of nitro groups is 1. The Kier molecular flexibility index (Phi) is 4.20. The van der Waals surface area contributed by atoms with Crippen molar-refractivity contribution < 1.29 is 9.31 Å². The van der Waals surface area contributed by atoms with Crippen LogP contribution in [0.15, 0.2) is 36.4 Å². The van der Waals surface area contributed by atoms with Gasteiger partial charge in [-0.3, -0.25) is 10.1 Å². The van der Waals surface area contributed by atoms with Crippen LogP contribution in [0.3, 0.4) is 0 Å². The number of nitrogens with zero attached hydrogens (tertiary/aromatic N) is 1. The fourth-order valence-electron chi connectivity index (χ4n) is 1.84. The van der Waals surface area contributed by atoms with Crippen LogP contribution >= 0.6 is 11.6 Å². The second-order valence-electron chi connectivity index (χ2n) is 4.37. The lowest BCUT2D eigenvalue weighted by Crippen LogP contribution is -2.04. The van der Waals surface area contributed by atoms with Crippen LogP contribution in [0.4, 0.5) is 15.8 Å². The molecule has 0 saturated carbocycles. The minimum absolute atomic E-state index is 0.122. The fraction of sp³-hybridized carbons (Fsp3) is 0.143. The van der Waals surface area contributed by atoms with E-state index in [1.807, 2.05) is 19.1 Å². The van der Waals surface area contributed by atoms with Gasteiger partial charge in [0.1, 0.15) is 5.82 Å². The number of rotatable bonds is 4. The van der Waals surface area contributed by atoms with Crippen molar-refractivity contribution in [2.45, 2.75) is 13.5 Å². The third-order valence-corrected chi connectivity index (χ3v) is 3.16. The largest absolute Gasteiger partial charge is 0.379 e. The summed E-state index contributed by atoms with van der Waals surface area (Å²) in [5, 5.41) is 14.4. The van der Waals surface area contributed by atoms with E-state index in [4.69, 9.17) is 11.6 Å². The van der Waals surface area contributed by atoms with Gasteiger partial charge in [-0.05, 0) is 36.8 Å². The fourth-order valence-corrected chi connectivity index (χ4v) is 2.02. The summed E-state index contributed by atoms with van der Waals surface area (Å²) >= 11 is 6.03. The zero-order chi connectivity index (χ0) is 14.7. The van der Waals surface area contributed by atoms with Gasteiger partial charge in [-0.15, -0.1) is 0 Å². The predicted octanol–water partition coefficient (Wildman–Crippen LogP) is 4.31. The molecule has 20 heavy (non-hydrogen) atoms. The molecule has 0 aliphatic carbocycles. The molecule has 2 aromatic carbocycles. The first-order valence-corrected chi connectivity index (χ1v) is 6.28. The van der Waals surface area contributed by atoms with Crippen LogP contribution in [0, 0.1) is 22.9 Å². The molecule has 0 unspecified atom stereocenters. The summed E-state index contributed by atoms with van der Waals surface area (Å²) < 4.78 is 13.2. The smallest absolute Gasteiger partial charge is 0.274 e. The summed E-state index contributed by atoms with van der Waals surface area (Å²) in [6.45, 7) is 2.03. The molecule has 4 nitrogen and oxygen atoms in total. The van der Waals surface area contributed by atoms with Gasteiger partial charge in [-0.25, -0.2) is 4.39 Å². The van der Waals surface area contributed by atoms with Crippen LogP contribution in [0.25, 0.3) is 0 Å². The highest BCUT2D eigenvalue weighted by Gasteiger charge is 2.14. The summed E-state index contributed by atoms with van der Waals surface area (Å²) in [5.74, 6) is -0.511. The van der Waals surface area contributed by atoms with E-state index in [0.29, 0.717) is 10.7 Å². The number of hydrogen-bond acceptors (Lipinski definition) is 3. The Hall–Kier alpha value is -2.14. The number of nitro benzene ring substituents is 1. The zero-order valence-corrected chi connectivity index (χ0v) is 11.4. The minimum atomic E-state index is -0.533. The zero-order valence-electron chi connectivity index (χ0n) is 10.7. The monoisotopic (exact) mass is 294 g/mol. The molecule has 0 aromatic heterocycles. The van der Waals surface area contributed by atoms with E-state index in [1.54, 1.807) is 6.07 Å². The first-order valence-electron chi connectivity index (χ1n) is 5.90. The molecule has 6 heteroatoms. The number of benzene rings is 2. The van der Waals surface area contributed by atoms with E-state index in [0.717, 1.165) is 23.8 Å². The van der Waals surface area contributed by atoms with Gasteiger partial charge in [0.2, 0.25) is 0 Å². The molecule has 0 spiro atoms. The van der Waals surface area contributed by atoms with E-state index in [1.165, 1.54) is 0 Å². The molecule has 0 heterocycles. The van der Waals surface area contributed by atoms with Crippen molar-refractivity contribution in [1.29, 1.82) is 0 Å². The lowest BCUT2D eigenvalue weighted by atomic mass is 10.1. The van der Waals surface area contributed by atoms with Crippen LogP contribution in [0.5, 0.6) is 0 Å². The molecule has 0 saturated heterocycles. The number of anilines is 1. The Balaban J connectivity index is 2.24. The second-order valence-corrected chi connectivity index (χ2v) is 4.77. The van der Waals surface area contributed by atoms with Crippen molar-refractivity contribution in [3.63, 3.8) is 0 Å². The van der Waals surface area contributed by atoms with E-state index in [9.17, 15) is 14.5 Å². The molecule has 0 amide bonds. The number of aryl methyl sites for hydroxylation is 1. The summed E-state index contributed by atoms with van der Waals surface area (Å²) in [6, 6.07) is 8.80. The first-order chi connectivity index (χ1) is 9.47.